The number of nitrogens with one attached hydrogen (secondary N) is 1. The summed E-state index contributed by atoms with van der Waals surface area (Å²) in [5.74, 6) is -1.29. The highest BCUT2D eigenvalue weighted by molar-refractivity contribution is 8.00. The first-order chi connectivity index (χ1) is 17.5. The van der Waals surface area contributed by atoms with Crippen molar-refractivity contribution in [1.82, 2.24) is 5.01 Å². The number of hydrogen-bond acceptors (Lipinski definition) is 7. The first-order valence-corrected chi connectivity index (χ1v) is 12.1. The van der Waals surface area contributed by atoms with E-state index in [2.05, 4.69) is 10.4 Å². The summed E-state index contributed by atoms with van der Waals surface area (Å²) in [6.45, 7) is -0.00143. The van der Waals surface area contributed by atoms with E-state index in [1.165, 1.54) is 16.8 Å². The van der Waals surface area contributed by atoms with E-state index in [0.717, 1.165) is 11.3 Å². The fourth-order valence-electron chi connectivity index (χ4n) is 3.52. The molecule has 1 N–H and O–H groups in total. The lowest BCUT2D eigenvalue weighted by molar-refractivity contribution is -0.134. The zero-order valence-electron chi connectivity index (χ0n) is 19.2. The molecule has 2 amide bonds. The van der Waals surface area contributed by atoms with Crippen molar-refractivity contribution in [3.8, 4) is 6.07 Å². The Morgan fingerprint density at radius 1 is 1.03 bits per heavy atom. The normalized spacial score (nSPS) is 12.4. The van der Waals surface area contributed by atoms with E-state index in [4.69, 9.17) is 10.00 Å². The van der Waals surface area contributed by atoms with E-state index in [0.29, 0.717) is 29.1 Å². The lowest BCUT2D eigenvalue weighted by atomic mass is 10.1. The molecular weight excluding hydrogens is 476 g/mol. The molecule has 0 radical (unpaired) electrons. The van der Waals surface area contributed by atoms with Crippen molar-refractivity contribution in [3.05, 3.63) is 95.6 Å². The number of anilines is 1. The van der Waals surface area contributed by atoms with Crippen molar-refractivity contribution in [2.24, 2.45) is 5.10 Å². The molecule has 0 atom stereocenters. The number of benzene rings is 3. The van der Waals surface area contributed by atoms with Gasteiger partial charge in [0.05, 0.1) is 35.2 Å². The number of hydrazone groups is 1. The van der Waals surface area contributed by atoms with Crippen LogP contribution in [-0.4, -0.2) is 47.4 Å². The smallest absolute Gasteiger partial charge is 0.339 e. The first-order valence-electron chi connectivity index (χ1n) is 11.2. The van der Waals surface area contributed by atoms with Crippen LogP contribution in [0.1, 0.15) is 27.9 Å². The van der Waals surface area contributed by atoms with Gasteiger partial charge >= 0.3 is 5.97 Å². The highest BCUT2D eigenvalue weighted by atomic mass is 32.2. The standard InChI is InChI=1S/C27H22N4O4S/c28-16-19-7-6-10-21(15-19)29-25(32)18-36-24-12-5-4-11-22(24)27(34)35-17-26(33)31-14-13-23(30-31)20-8-2-1-3-9-20/h1-12,15H,13-14,17-18H2,(H,29,32). The Balaban J connectivity index is 1.31. The quantitative estimate of drug-likeness (QED) is 0.370. The minimum absolute atomic E-state index is 0.0464. The SMILES string of the molecule is N#Cc1cccc(NC(=O)CSc2ccccc2C(=O)OCC(=O)N2CCC(c3ccccc3)=N2)c1. The Kier molecular flexibility index (Phi) is 8.11. The van der Waals surface area contributed by atoms with Crippen molar-refractivity contribution in [3.63, 3.8) is 0 Å². The third-order valence-corrected chi connectivity index (χ3v) is 6.34. The van der Waals surface area contributed by atoms with Crippen LogP contribution in [0.2, 0.25) is 0 Å². The van der Waals surface area contributed by atoms with Crippen LogP contribution in [0.3, 0.4) is 0 Å². The molecule has 36 heavy (non-hydrogen) atoms. The molecule has 1 aliphatic rings. The second-order valence-corrected chi connectivity index (χ2v) is 8.80. The maximum atomic E-state index is 12.7. The van der Waals surface area contributed by atoms with Gasteiger partial charge in [0, 0.05) is 17.0 Å². The Morgan fingerprint density at radius 3 is 2.61 bits per heavy atom. The molecule has 0 bridgehead atoms. The first kappa shape index (κ1) is 24.7. The fraction of sp³-hybridized carbons (Fsp3) is 0.148. The zero-order valence-corrected chi connectivity index (χ0v) is 20.0. The van der Waals surface area contributed by atoms with Crippen molar-refractivity contribution in [2.75, 3.05) is 24.2 Å². The van der Waals surface area contributed by atoms with Crippen LogP contribution in [0.25, 0.3) is 0 Å². The summed E-state index contributed by atoms with van der Waals surface area (Å²) in [5, 5.41) is 17.4. The summed E-state index contributed by atoms with van der Waals surface area (Å²) < 4.78 is 5.27. The van der Waals surface area contributed by atoms with Gasteiger partial charge in [0.2, 0.25) is 5.91 Å². The van der Waals surface area contributed by atoms with Crippen molar-refractivity contribution < 1.29 is 19.1 Å². The lowest BCUT2D eigenvalue weighted by Gasteiger charge is -2.13. The number of hydrogen-bond donors (Lipinski definition) is 1. The topological polar surface area (TPSA) is 112 Å². The van der Waals surface area contributed by atoms with Crippen LogP contribution in [0.15, 0.2) is 88.9 Å². The van der Waals surface area contributed by atoms with Gasteiger partial charge in [0.1, 0.15) is 0 Å². The number of nitriles is 1. The van der Waals surface area contributed by atoms with E-state index >= 15 is 0 Å². The van der Waals surface area contributed by atoms with Gasteiger partial charge < -0.3 is 10.1 Å². The molecule has 4 rings (SSSR count). The van der Waals surface area contributed by atoms with E-state index in [9.17, 15) is 14.4 Å². The molecular formula is C27H22N4O4S. The molecule has 0 aromatic heterocycles. The number of thioether (sulfide) groups is 1. The fourth-order valence-corrected chi connectivity index (χ4v) is 4.36. The second-order valence-electron chi connectivity index (χ2n) is 7.78. The molecule has 3 aromatic rings. The van der Waals surface area contributed by atoms with Crippen molar-refractivity contribution in [2.45, 2.75) is 11.3 Å². The summed E-state index contributed by atoms with van der Waals surface area (Å²) in [4.78, 5) is 38.2. The van der Waals surface area contributed by atoms with Gasteiger partial charge in [-0.1, -0.05) is 48.5 Å². The molecule has 0 saturated heterocycles. The predicted octanol–water partition coefficient (Wildman–Crippen LogP) is 4.08. The number of nitrogens with zero attached hydrogens (tertiary/aromatic N) is 3. The Morgan fingerprint density at radius 2 is 1.81 bits per heavy atom. The summed E-state index contributed by atoms with van der Waals surface area (Å²) in [7, 11) is 0. The van der Waals surface area contributed by atoms with Crippen molar-refractivity contribution >= 4 is 40.9 Å². The van der Waals surface area contributed by atoms with Crippen molar-refractivity contribution in [1.29, 1.82) is 5.26 Å². The number of esters is 1. The predicted molar refractivity (Wildman–Crippen MR) is 137 cm³/mol. The third kappa shape index (κ3) is 6.37. The number of ether oxygens (including phenoxy) is 1. The molecule has 0 fully saturated rings. The van der Waals surface area contributed by atoms with Gasteiger partial charge in [-0.05, 0) is 35.9 Å². The van der Waals surface area contributed by atoms with E-state index in [1.807, 2.05) is 36.4 Å². The molecule has 0 unspecified atom stereocenters. The third-order valence-electron chi connectivity index (χ3n) is 5.26. The van der Waals surface area contributed by atoms with Crippen LogP contribution in [0, 0.1) is 11.3 Å². The van der Waals surface area contributed by atoms with Gasteiger partial charge in [0.15, 0.2) is 6.61 Å². The molecule has 0 saturated carbocycles. The zero-order chi connectivity index (χ0) is 25.3. The van der Waals surface area contributed by atoms with Gasteiger partial charge in [0.25, 0.3) is 5.91 Å². The van der Waals surface area contributed by atoms with E-state index < -0.39 is 18.5 Å². The van der Waals surface area contributed by atoms with E-state index in [1.54, 1.807) is 48.5 Å². The van der Waals surface area contributed by atoms with Gasteiger partial charge in [-0.15, -0.1) is 11.8 Å². The summed E-state index contributed by atoms with van der Waals surface area (Å²) in [5.41, 5.74) is 3.00. The van der Waals surface area contributed by atoms with Crippen LogP contribution in [0.4, 0.5) is 5.69 Å². The summed E-state index contributed by atoms with van der Waals surface area (Å²) in [6.07, 6.45) is 0.631. The van der Waals surface area contributed by atoms with Crippen LogP contribution in [-0.2, 0) is 14.3 Å². The molecule has 9 heteroatoms. The maximum Gasteiger partial charge on any atom is 0.339 e. The van der Waals surface area contributed by atoms with Crippen LogP contribution in [0.5, 0.6) is 0 Å². The Bertz CT molecular complexity index is 1350. The maximum absolute atomic E-state index is 12.7. The summed E-state index contributed by atoms with van der Waals surface area (Å²) in [6, 6.07) is 25.0. The molecule has 8 nitrogen and oxygen atoms in total. The minimum Gasteiger partial charge on any atom is -0.452 e. The molecule has 1 aliphatic heterocycles. The van der Waals surface area contributed by atoms with Gasteiger partial charge in [-0.2, -0.15) is 10.4 Å². The Hall–Kier alpha value is -4.42. The largest absolute Gasteiger partial charge is 0.452 e. The average Bonchev–Trinajstić information content (AvgIpc) is 3.42. The van der Waals surface area contributed by atoms with Crippen LogP contribution < -0.4 is 5.32 Å². The monoisotopic (exact) mass is 498 g/mol. The van der Waals surface area contributed by atoms with Gasteiger partial charge in [-0.25, -0.2) is 9.80 Å². The number of carbonyl (C=O) groups excluding carboxylic acids is 3. The molecule has 3 aromatic carbocycles. The number of amides is 2. The molecule has 0 aliphatic carbocycles. The minimum atomic E-state index is -0.653. The van der Waals surface area contributed by atoms with E-state index in [-0.39, 0.29) is 17.2 Å². The van der Waals surface area contributed by atoms with Crippen LogP contribution >= 0.6 is 11.8 Å². The number of carbonyl (C=O) groups is 3. The summed E-state index contributed by atoms with van der Waals surface area (Å²) >= 11 is 1.18. The molecule has 180 valence electrons. The van der Waals surface area contributed by atoms with Gasteiger partial charge in [-0.3, -0.25) is 9.59 Å². The Labute approximate surface area is 212 Å². The molecule has 1 heterocycles. The second kappa shape index (κ2) is 11.8. The lowest BCUT2D eigenvalue weighted by Crippen LogP contribution is -2.28. The highest BCUT2D eigenvalue weighted by Gasteiger charge is 2.23. The highest BCUT2D eigenvalue weighted by Crippen LogP contribution is 2.24. The average molecular weight is 499 g/mol. The molecule has 0 spiro atoms. The number of rotatable bonds is 8.